The normalized spacial score (nSPS) is 21.1. The Morgan fingerprint density at radius 2 is 2.05 bits per heavy atom. The standard InChI is InChI=1S/C14H20F2N2O/c1-17-13(10-3-5-14(15,16)6-4-10)11-7-12(19-2)9-18-8-11/h7-10,13,17H,3-6H2,1-2H3. The van der Waals surface area contributed by atoms with Crippen LogP contribution in [0.25, 0.3) is 0 Å². The molecule has 0 bridgehead atoms. The Labute approximate surface area is 112 Å². The van der Waals surface area contributed by atoms with Gasteiger partial charge in [-0.15, -0.1) is 0 Å². The van der Waals surface area contributed by atoms with Gasteiger partial charge in [-0.05, 0) is 37.4 Å². The lowest BCUT2D eigenvalue weighted by Crippen LogP contribution is -2.32. The maximum absolute atomic E-state index is 13.2. The van der Waals surface area contributed by atoms with E-state index < -0.39 is 5.92 Å². The molecule has 1 heterocycles. The zero-order valence-electron chi connectivity index (χ0n) is 11.3. The molecule has 1 atom stereocenters. The molecule has 0 amide bonds. The van der Waals surface area contributed by atoms with Crippen molar-refractivity contribution in [2.24, 2.45) is 5.92 Å². The third-order valence-electron chi connectivity index (χ3n) is 3.87. The Balaban J connectivity index is 2.11. The van der Waals surface area contributed by atoms with Crippen molar-refractivity contribution in [2.45, 2.75) is 37.6 Å². The topological polar surface area (TPSA) is 34.2 Å². The number of pyridine rings is 1. The molecule has 1 saturated carbocycles. The minimum absolute atomic E-state index is 0.0206. The van der Waals surface area contributed by atoms with E-state index in [1.54, 1.807) is 19.5 Å². The monoisotopic (exact) mass is 270 g/mol. The molecule has 19 heavy (non-hydrogen) atoms. The van der Waals surface area contributed by atoms with Crippen LogP contribution in [0.2, 0.25) is 0 Å². The SMILES string of the molecule is CNC(c1cncc(OC)c1)C1CCC(F)(F)CC1. The van der Waals surface area contributed by atoms with E-state index in [2.05, 4.69) is 10.3 Å². The van der Waals surface area contributed by atoms with Gasteiger partial charge in [-0.25, -0.2) is 8.78 Å². The first-order valence-electron chi connectivity index (χ1n) is 6.60. The largest absolute Gasteiger partial charge is 0.495 e. The van der Waals surface area contributed by atoms with Gasteiger partial charge in [-0.2, -0.15) is 0 Å². The number of hydrogen-bond acceptors (Lipinski definition) is 3. The van der Waals surface area contributed by atoms with Gasteiger partial charge in [0.2, 0.25) is 5.92 Å². The van der Waals surface area contributed by atoms with Gasteiger partial charge in [-0.3, -0.25) is 4.98 Å². The van der Waals surface area contributed by atoms with E-state index in [9.17, 15) is 8.78 Å². The molecule has 1 unspecified atom stereocenters. The van der Waals surface area contributed by atoms with Crippen molar-refractivity contribution in [3.8, 4) is 5.75 Å². The summed E-state index contributed by atoms with van der Waals surface area (Å²) in [6.45, 7) is 0. The molecule has 1 aromatic heterocycles. The van der Waals surface area contributed by atoms with Crippen molar-refractivity contribution >= 4 is 0 Å². The Kier molecular flexibility index (Phi) is 4.34. The highest BCUT2D eigenvalue weighted by Gasteiger charge is 2.37. The lowest BCUT2D eigenvalue weighted by molar-refractivity contribution is -0.0495. The Morgan fingerprint density at radius 1 is 1.37 bits per heavy atom. The number of ether oxygens (including phenoxy) is 1. The zero-order chi connectivity index (χ0) is 13.9. The molecule has 1 aliphatic rings. The summed E-state index contributed by atoms with van der Waals surface area (Å²) in [7, 11) is 3.45. The fourth-order valence-corrected chi connectivity index (χ4v) is 2.79. The number of rotatable bonds is 4. The molecule has 1 N–H and O–H groups in total. The molecule has 3 nitrogen and oxygen atoms in total. The Morgan fingerprint density at radius 3 is 2.63 bits per heavy atom. The second-order valence-electron chi connectivity index (χ2n) is 5.12. The first-order valence-corrected chi connectivity index (χ1v) is 6.60. The van der Waals surface area contributed by atoms with E-state index >= 15 is 0 Å². The number of nitrogens with one attached hydrogen (secondary N) is 1. The zero-order valence-corrected chi connectivity index (χ0v) is 11.3. The summed E-state index contributed by atoms with van der Waals surface area (Å²) in [5, 5.41) is 3.23. The second-order valence-corrected chi connectivity index (χ2v) is 5.12. The van der Waals surface area contributed by atoms with Crippen LogP contribution in [0.3, 0.4) is 0 Å². The summed E-state index contributed by atoms with van der Waals surface area (Å²) in [6, 6.07) is 1.97. The van der Waals surface area contributed by atoms with Crippen molar-refractivity contribution in [2.75, 3.05) is 14.2 Å². The molecule has 106 valence electrons. The van der Waals surface area contributed by atoms with Crippen LogP contribution in [0.4, 0.5) is 8.78 Å². The van der Waals surface area contributed by atoms with Gasteiger partial charge in [0.05, 0.1) is 13.3 Å². The molecule has 0 spiro atoms. The highest BCUT2D eigenvalue weighted by Crippen LogP contribution is 2.41. The van der Waals surface area contributed by atoms with Gasteiger partial charge < -0.3 is 10.1 Å². The Bertz CT molecular complexity index is 416. The summed E-state index contributed by atoms with van der Waals surface area (Å²) >= 11 is 0. The number of nitrogens with zero attached hydrogens (tertiary/aromatic N) is 1. The van der Waals surface area contributed by atoms with E-state index in [1.165, 1.54) is 0 Å². The van der Waals surface area contributed by atoms with Crippen LogP contribution in [-0.2, 0) is 0 Å². The minimum atomic E-state index is -2.48. The van der Waals surface area contributed by atoms with Gasteiger partial charge in [0, 0.05) is 25.1 Å². The second kappa shape index (κ2) is 5.82. The molecule has 1 aliphatic carbocycles. The average Bonchev–Trinajstić information content (AvgIpc) is 2.41. The summed E-state index contributed by atoms with van der Waals surface area (Å²) in [4.78, 5) is 4.13. The first-order chi connectivity index (χ1) is 9.05. The lowest BCUT2D eigenvalue weighted by atomic mass is 9.80. The van der Waals surface area contributed by atoms with Crippen molar-refractivity contribution in [3.05, 3.63) is 24.0 Å². The predicted molar refractivity (Wildman–Crippen MR) is 69.5 cm³/mol. The minimum Gasteiger partial charge on any atom is -0.495 e. The first kappa shape index (κ1) is 14.2. The van der Waals surface area contributed by atoms with E-state index in [4.69, 9.17) is 4.74 Å². The number of alkyl halides is 2. The highest BCUT2D eigenvalue weighted by molar-refractivity contribution is 5.26. The van der Waals surface area contributed by atoms with Gasteiger partial charge >= 0.3 is 0 Å². The van der Waals surface area contributed by atoms with Crippen LogP contribution < -0.4 is 10.1 Å². The van der Waals surface area contributed by atoms with Crippen LogP contribution in [0, 0.1) is 5.92 Å². The van der Waals surface area contributed by atoms with Crippen LogP contribution >= 0.6 is 0 Å². The molecule has 5 heteroatoms. The number of aromatic nitrogens is 1. The Hall–Kier alpha value is -1.23. The van der Waals surface area contributed by atoms with Crippen LogP contribution in [-0.4, -0.2) is 25.1 Å². The molecule has 0 aromatic carbocycles. The predicted octanol–water partition coefficient (Wildman–Crippen LogP) is 3.18. The van der Waals surface area contributed by atoms with E-state index in [1.807, 2.05) is 13.1 Å². The average molecular weight is 270 g/mol. The molecule has 2 rings (SSSR count). The van der Waals surface area contributed by atoms with Gasteiger partial charge in [0.15, 0.2) is 0 Å². The molecule has 0 radical (unpaired) electrons. The fraction of sp³-hybridized carbons (Fsp3) is 0.643. The molecular weight excluding hydrogens is 250 g/mol. The van der Waals surface area contributed by atoms with Crippen molar-refractivity contribution in [1.29, 1.82) is 0 Å². The van der Waals surface area contributed by atoms with E-state index in [0.717, 1.165) is 5.56 Å². The van der Waals surface area contributed by atoms with Gasteiger partial charge in [-0.1, -0.05) is 0 Å². The van der Waals surface area contributed by atoms with Crippen molar-refractivity contribution in [1.82, 2.24) is 10.3 Å². The summed E-state index contributed by atoms with van der Waals surface area (Å²) in [6.07, 6.45) is 4.45. The van der Waals surface area contributed by atoms with Crippen LogP contribution in [0.1, 0.15) is 37.3 Å². The third kappa shape index (κ3) is 3.41. The summed E-state index contributed by atoms with van der Waals surface area (Å²) in [5.74, 6) is -1.57. The third-order valence-corrected chi connectivity index (χ3v) is 3.87. The van der Waals surface area contributed by atoms with Gasteiger partial charge in [0.1, 0.15) is 5.75 Å². The van der Waals surface area contributed by atoms with E-state index in [-0.39, 0.29) is 24.8 Å². The molecule has 1 fully saturated rings. The number of hydrogen-bond donors (Lipinski definition) is 1. The van der Waals surface area contributed by atoms with Crippen molar-refractivity contribution in [3.63, 3.8) is 0 Å². The van der Waals surface area contributed by atoms with Crippen LogP contribution in [0.15, 0.2) is 18.5 Å². The molecule has 0 saturated heterocycles. The van der Waals surface area contributed by atoms with Crippen molar-refractivity contribution < 1.29 is 13.5 Å². The van der Waals surface area contributed by atoms with E-state index in [0.29, 0.717) is 18.6 Å². The fourth-order valence-electron chi connectivity index (χ4n) is 2.79. The number of halogens is 2. The molecule has 1 aromatic rings. The van der Waals surface area contributed by atoms with Gasteiger partial charge in [0.25, 0.3) is 0 Å². The van der Waals surface area contributed by atoms with Crippen LogP contribution in [0.5, 0.6) is 5.75 Å². The summed E-state index contributed by atoms with van der Waals surface area (Å²) in [5.41, 5.74) is 0.997. The molecule has 0 aliphatic heterocycles. The number of methoxy groups -OCH3 is 1. The molecular formula is C14H20F2N2O. The smallest absolute Gasteiger partial charge is 0.248 e. The maximum Gasteiger partial charge on any atom is 0.248 e. The quantitative estimate of drug-likeness (QED) is 0.912. The maximum atomic E-state index is 13.2. The summed E-state index contributed by atoms with van der Waals surface area (Å²) < 4.78 is 31.6. The highest BCUT2D eigenvalue weighted by atomic mass is 19.3. The lowest BCUT2D eigenvalue weighted by Gasteiger charge is -2.33.